The summed E-state index contributed by atoms with van der Waals surface area (Å²) in [5.74, 6) is -0.104. The van der Waals surface area contributed by atoms with Crippen LogP contribution in [-0.4, -0.2) is 5.97 Å². The Kier molecular flexibility index (Phi) is 3.67. The van der Waals surface area contributed by atoms with Crippen LogP contribution in [0.1, 0.15) is 49.8 Å². The Morgan fingerprint density at radius 3 is 3.12 bits per heavy atom. The van der Waals surface area contributed by atoms with Gasteiger partial charge in [0.1, 0.15) is 6.10 Å². The minimum Gasteiger partial charge on any atom is -0.457 e. The molecule has 1 aromatic rings. The van der Waals surface area contributed by atoms with E-state index in [0.717, 1.165) is 36.9 Å². The summed E-state index contributed by atoms with van der Waals surface area (Å²) in [6, 6.07) is 5.90. The van der Waals surface area contributed by atoms with E-state index in [1.54, 1.807) is 0 Å². The molecular weight excluding hydrogens is 214 g/mol. The van der Waals surface area contributed by atoms with Crippen molar-refractivity contribution in [3.8, 4) is 0 Å². The largest absolute Gasteiger partial charge is 0.457 e. The zero-order valence-electron chi connectivity index (χ0n) is 10.2. The van der Waals surface area contributed by atoms with Crippen LogP contribution in [0.2, 0.25) is 0 Å². The van der Waals surface area contributed by atoms with E-state index in [1.807, 2.05) is 25.1 Å². The summed E-state index contributed by atoms with van der Waals surface area (Å²) >= 11 is 0. The molecule has 0 spiro atoms. The number of rotatable bonds is 3. The van der Waals surface area contributed by atoms with E-state index in [-0.39, 0.29) is 12.1 Å². The van der Waals surface area contributed by atoms with Crippen LogP contribution in [-0.2, 0) is 16.0 Å². The lowest BCUT2D eigenvalue weighted by Gasteiger charge is -2.25. The molecule has 0 bridgehead atoms. The molecule has 3 heteroatoms. The number of nitrogens with two attached hydrogens (primary N) is 1. The standard InChI is InChI=1S/C14H19NO2/c1-2-4-14(16)17-13-6-3-5-10-7-8-11(15)9-12(10)13/h7-9,13H,2-6,15H2,1H3. The van der Waals surface area contributed by atoms with Crippen LogP contribution < -0.4 is 5.73 Å². The normalized spacial score (nSPS) is 18.5. The summed E-state index contributed by atoms with van der Waals surface area (Å²) in [7, 11) is 0. The molecule has 0 amide bonds. The Morgan fingerprint density at radius 2 is 2.35 bits per heavy atom. The molecule has 1 aromatic carbocycles. The zero-order valence-corrected chi connectivity index (χ0v) is 10.2. The van der Waals surface area contributed by atoms with Crippen molar-refractivity contribution in [2.45, 2.75) is 45.1 Å². The highest BCUT2D eigenvalue weighted by atomic mass is 16.5. The average Bonchev–Trinajstić information content (AvgIpc) is 2.30. The maximum Gasteiger partial charge on any atom is 0.306 e. The third-order valence-corrected chi connectivity index (χ3v) is 3.16. The lowest BCUT2D eigenvalue weighted by Crippen LogP contribution is -2.17. The van der Waals surface area contributed by atoms with Gasteiger partial charge in [0.05, 0.1) is 0 Å². The number of hydrogen-bond acceptors (Lipinski definition) is 3. The zero-order chi connectivity index (χ0) is 12.3. The fraction of sp³-hybridized carbons (Fsp3) is 0.500. The van der Waals surface area contributed by atoms with Gasteiger partial charge in [-0.3, -0.25) is 4.79 Å². The van der Waals surface area contributed by atoms with Crippen molar-refractivity contribution < 1.29 is 9.53 Å². The first-order valence-electron chi connectivity index (χ1n) is 6.28. The number of benzene rings is 1. The van der Waals surface area contributed by atoms with E-state index < -0.39 is 0 Å². The smallest absolute Gasteiger partial charge is 0.306 e. The highest BCUT2D eigenvalue weighted by Gasteiger charge is 2.23. The number of carbonyl (C=O) groups is 1. The first-order chi connectivity index (χ1) is 8.20. The monoisotopic (exact) mass is 233 g/mol. The van der Waals surface area contributed by atoms with Gasteiger partial charge in [0.15, 0.2) is 0 Å². The van der Waals surface area contributed by atoms with Gasteiger partial charge >= 0.3 is 5.97 Å². The Balaban J connectivity index is 2.16. The Hall–Kier alpha value is -1.51. The van der Waals surface area contributed by atoms with Crippen molar-refractivity contribution in [2.75, 3.05) is 5.73 Å². The van der Waals surface area contributed by atoms with Gasteiger partial charge in [-0.2, -0.15) is 0 Å². The third kappa shape index (κ3) is 2.78. The molecule has 0 saturated carbocycles. The van der Waals surface area contributed by atoms with Gasteiger partial charge in [0.2, 0.25) is 0 Å². The number of carbonyl (C=O) groups excluding carboxylic acids is 1. The highest BCUT2D eigenvalue weighted by molar-refractivity contribution is 5.69. The van der Waals surface area contributed by atoms with Crippen molar-refractivity contribution in [1.29, 1.82) is 0 Å². The van der Waals surface area contributed by atoms with Crippen molar-refractivity contribution in [3.05, 3.63) is 29.3 Å². The van der Waals surface area contributed by atoms with E-state index in [9.17, 15) is 4.79 Å². The summed E-state index contributed by atoms with van der Waals surface area (Å²) in [4.78, 5) is 11.6. The molecule has 3 nitrogen and oxygen atoms in total. The molecular formula is C14H19NO2. The fourth-order valence-electron chi connectivity index (χ4n) is 2.32. The SMILES string of the molecule is CCCC(=O)OC1CCCc2ccc(N)cc21. The Labute approximate surface area is 102 Å². The molecule has 17 heavy (non-hydrogen) atoms. The van der Waals surface area contributed by atoms with Crippen LogP contribution in [0, 0.1) is 0 Å². The molecule has 1 aliphatic rings. The van der Waals surface area contributed by atoms with Gasteiger partial charge in [0.25, 0.3) is 0 Å². The molecule has 0 radical (unpaired) electrons. The molecule has 2 N–H and O–H groups in total. The quantitative estimate of drug-likeness (QED) is 0.645. The van der Waals surface area contributed by atoms with Gasteiger partial charge < -0.3 is 10.5 Å². The summed E-state index contributed by atoms with van der Waals surface area (Å²) in [5, 5.41) is 0. The summed E-state index contributed by atoms with van der Waals surface area (Å²) in [6.07, 6.45) is 4.26. The number of ether oxygens (including phenoxy) is 1. The minimum absolute atomic E-state index is 0.0960. The minimum atomic E-state index is -0.104. The molecule has 1 atom stereocenters. The summed E-state index contributed by atoms with van der Waals surface area (Å²) < 4.78 is 5.52. The number of esters is 1. The lowest BCUT2D eigenvalue weighted by molar-refractivity contribution is -0.150. The maximum absolute atomic E-state index is 11.6. The van der Waals surface area contributed by atoms with Crippen molar-refractivity contribution in [1.82, 2.24) is 0 Å². The van der Waals surface area contributed by atoms with E-state index in [4.69, 9.17) is 10.5 Å². The van der Waals surface area contributed by atoms with Crippen LogP contribution >= 0.6 is 0 Å². The molecule has 1 aliphatic carbocycles. The molecule has 92 valence electrons. The van der Waals surface area contributed by atoms with Gasteiger partial charge in [-0.1, -0.05) is 13.0 Å². The van der Waals surface area contributed by atoms with Crippen LogP contribution in [0.3, 0.4) is 0 Å². The number of anilines is 1. The van der Waals surface area contributed by atoms with E-state index in [2.05, 4.69) is 0 Å². The van der Waals surface area contributed by atoms with Gasteiger partial charge in [-0.15, -0.1) is 0 Å². The van der Waals surface area contributed by atoms with Crippen molar-refractivity contribution in [2.24, 2.45) is 0 Å². The number of hydrogen-bond donors (Lipinski definition) is 1. The van der Waals surface area contributed by atoms with Crippen LogP contribution in [0.15, 0.2) is 18.2 Å². The topological polar surface area (TPSA) is 52.3 Å². The second kappa shape index (κ2) is 5.21. The van der Waals surface area contributed by atoms with E-state index in [0.29, 0.717) is 6.42 Å². The second-order valence-electron chi connectivity index (χ2n) is 4.58. The molecule has 1 unspecified atom stereocenters. The molecule has 0 aromatic heterocycles. The average molecular weight is 233 g/mol. The summed E-state index contributed by atoms with van der Waals surface area (Å²) in [6.45, 7) is 1.98. The predicted octanol–water partition coefficient (Wildman–Crippen LogP) is 2.99. The van der Waals surface area contributed by atoms with Crippen LogP contribution in [0.4, 0.5) is 5.69 Å². The number of nitrogen functional groups attached to an aromatic ring is 1. The number of fused-ring (bicyclic) bond motifs is 1. The first kappa shape index (κ1) is 12.0. The van der Waals surface area contributed by atoms with Crippen molar-refractivity contribution in [3.63, 3.8) is 0 Å². The summed E-state index contributed by atoms with van der Waals surface area (Å²) in [5.41, 5.74) is 8.89. The molecule has 0 aliphatic heterocycles. The lowest BCUT2D eigenvalue weighted by atomic mass is 9.89. The molecule has 0 fully saturated rings. The van der Waals surface area contributed by atoms with Gasteiger partial charge in [0, 0.05) is 12.1 Å². The van der Waals surface area contributed by atoms with Crippen LogP contribution in [0.25, 0.3) is 0 Å². The molecule has 2 rings (SSSR count). The van der Waals surface area contributed by atoms with E-state index >= 15 is 0 Å². The first-order valence-corrected chi connectivity index (χ1v) is 6.28. The Bertz CT molecular complexity index is 415. The second-order valence-corrected chi connectivity index (χ2v) is 4.58. The van der Waals surface area contributed by atoms with Crippen molar-refractivity contribution >= 4 is 11.7 Å². The molecule has 0 saturated heterocycles. The molecule has 0 heterocycles. The van der Waals surface area contributed by atoms with Gasteiger partial charge in [-0.25, -0.2) is 0 Å². The number of aryl methyl sites for hydroxylation is 1. The van der Waals surface area contributed by atoms with Crippen LogP contribution in [0.5, 0.6) is 0 Å². The van der Waals surface area contributed by atoms with E-state index in [1.165, 1.54) is 5.56 Å². The third-order valence-electron chi connectivity index (χ3n) is 3.16. The van der Waals surface area contributed by atoms with Gasteiger partial charge in [-0.05, 0) is 48.9 Å². The predicted molar refractivity (Wildman–Crippen MR) is 67.5 cm³/mol. The fourth-order valence-corrected chi connectivity index (χ4v) is 2.32. The highest BCUT2D eigenvalue weighted by Crippen LogP contribution is 2.34. The maximum atomic E-state index is 11.6. The Morgan fingerprint density at radius 1 is 1.53 bits per heavy atom.